The van der Waals surface area contributed by atoms with Gasteiger partial charge >= 0.3 is 6.18 Å². The van der Waals surface area contributed by atoms with E-state index < -0.39 is 17.3 Å². The third-order valence-corrected chi connectivity index (χ3v) is 9.64. The average molecular weight is 742 g/mol. The first-order valence-electron chi connectivity index (χ1n) is 16.9. The van der Waals surface area contributed by atoms with Crippen LogP contribution < -0.4 is 5.56 Å². The number of nitrogens with zero attached hydrogens (tertiary/aromatic N) is 5. The fraction of sp³-hybridized carbons (Fsp3) is 0.368. The first-order valence-corrected chi connectivity index (χ1v) is 17.9. The van der Waals surface area contributed by atoms with Crippen molar-refractivity contribution in [1.82, 2.24) is 24.4 Å². The molecule has 0 fully saturated rings. The van der Waals surface area contributed by atoms with Crippen molar-refractivity contribution in [3.63, 3.8) is 0 Å². The second-order valence-corrected chi connectivity index (χ2v) is 13.0. The van der Waals surface area contributed by atoms with E-state index in [0.717, 1.165) is 47.0 Å². The number of likely N-dealkylation sites (N-methyl/N-ethyl adjacent to an activating group) is 1. The molecule has 0 aliphatic rings. The summed E-state index contributed by atoms with van der Waals surface area (Å²) in [6.07, 6.45) is -2.68. The number of halogens is 4. The van der Waals surface area contributed by atoms with E-state index in [0.29, 0.717) is 35.1 Å². The summed E-state index contributed by atoms with van der Waals surface area (Å²) in [7, 11) is 1.36. The molecule has 4 aromatic rings. The summed E-state index contributed by atoms with van der Waals surface area (Å²) in [5.74, 6) is -0.540. The van der Waals surface area contributed by atoms with Gasteiger partial charge in [0.05, 0.1) is 19.2 Å². The lowest BCUT2D eigenvalue weighted by Gasteiger charge is -2.27. The van der Waals surface area contributed by atoms with Crippen molar-refractivity contribution in [2.24, 2.45) is 0 Å². The Morgan fingerprint density at radius 1 is 0.865 bits per heavy atom. The summed E-state index contributed by atoms with van der Waals surface area (Å²) < 4.78 is 54.3. The number of hydrogen-bond donors (Lipinski definition) is 0. The molecule has 0 saturated heterocycles. The highest BCUT2D eigenvalue weighted by molar-refractivity contribution is 7.98. The Morgan fingerprint density at radius 3 is 2.02 bits per heavy atom. The molecule has 0 unspecified atom stereocenters. The zero-order chi connectivity index (χ0) is 37.8. The minimum absolute atomic E-state index is 0.108. The van der Waals surface area contributed by atoms with Crippen LogP contribution in [0.15, 0.2) is 88.9 Å². The second-order valence-electron chi connectivity index (χ2n) is 12.1. The van der Waals surface area contributed by atoms with Crippen molar-refractivity contribution >= 4 is 23.6 Å². The molecule has 0 spiro atoms. The zero-order valence-electron chi connectivity index (χ0n) is 29.7. The SMILES string of the molecule is CCN(CC)CCN(Cc1ccc(-c2ccc(C(F)(F)F)cc2)cc1)C(=O)Cn1cc(CCN(OC)C(C)=O)c(=O)nc1SCc1ccc(F)cc1. The lowest BCUT2D eigenvalue weighted by atomic mass is 10.0. The molecule has 4 rings (SSSR count). The van der Waals surface area contributed by atoms with Gasteiger partial charge in [0.2, 0.25) is 11.8 Å². The number of carbonyl (C=O) groups excluding carboxylic acids is 2. The molecule has 0 bridgehead atoms. The quantitative estimate of drug-likeness (QED) is 0.0517. The van der Waals surface area contributed by atoms with Gasteiger partial charge in [0, 0.05) is 44.1 Å². The van der Waals surface area contributed by atoms with Crippen molar-refractivity contribution in [2.75, 3.05) is 39.8 Å². The van der Waals surface area contributed by atoms with E-state index in [9.17, 15) is 31.9 Å². The molecule has 3 aromatic carbocycles. The molecule has 278 valence electrons. The van der Waals surface area contributed by atoms with Gasteiger partial charge in [-0.15, -0.1) is 0 Å². The molecular weight excluding hydrogens is 699 g/mol. The third-order valence-electron chi connectivity index (χ3n) is 8.58. The highest BCUT2D eigenvalue weighted by Crippen LogP contribution is 2.31. The van der Waals surface area contributed by atoms with Crippen LogP contribution in [-0.2, 0) is 45.9 Å². The van der Waals surface area contributed by atoms with Gasteiger partial charge in [-0.3, -0.25) is 19.2 Å². The molecule has 0 saturated carbocycles. The molecule has 0 aliphatic heterocycles. The molecule has 1 aromatic heterocycles. The van der Waals surface area contributed by atoms with Crippen LogP contribution >= 0.6 is 11.8 Å². The maximum absolute atomic E-state index is 14.1. The largest absolute Gasteiger partial charge is 0.416 e. The molecule has 0 aliphatic carbocycles. The molecule has 52 heavy (non-hydrogen) atoms. The number of alkyl halides is 3. The fourth-order valence-electron chi connectivity index (χ4n) is 5.46. The molecular formula is C38H43F4N5O4S. The smallest absolute Gasteiger partial charge is 0.336 e. The standard InChI is InChI=1S/C38H43F4N5O4S/c1-5-44(6-2)21-22-45(23-28-7-11-30(12-8-28)31-13-15-33(16-14-31)38(40,41)42)35(49)25-46-24-32(19-20-47(51-4)27(3)48)36(50)43-37(46)52-26-29-9-17-34(39)18-10-29/h7-18,24H,5-6,19-23,25-26H2,1-4H3. The topological polar surface area (TPSA) is 88.0 Å². The summed E-state index contributed by atoms with van der Waals surface area (Å²) in [4.78, 5) is 52.5. The molecule has 0 radical (unpaired) electrons. The first kappa shape index (κ1) is 40.2. The van der Waals surface area contributed by atoms with Crippen molar-refractivity contribution in [1.29, 1.82) is 0 Å². The number of rotatable bonds is 17. The van der Waals surface area contributed by atoms with Gasteiger partial charge in [-0.25, -0.2) is 9.45 Å². The third kappa shape index (κ3) is 11.5. The van der Waals surface area contributed by atoms with Crippen molar-refractivity contribution in [3.05, 3.63) is 117 Å². The number of amides is 2. The number of carbonyl (C=O) groups is 2. The maximum atomic E-state index is 14.1. The Kier molecular flexibility index (Phi) is 14.6. The highest BCUT2D eigenvalue weighted by atomic mass is 32.2. The van der Waals surface area contributed by atoms with Gasteiger partial charge in [0.1, 0.15) is 12.4 Å². The van der Waals surface area contributed by atoms with Crippen LogP contribution in [0.1, 0.15) is 43.0 Å². The van der Waals surface area contributed by atoms with Crippen LogP contribution in [0.25, 0.3) is 11.1 Å². The van der Waals surface area contributed by atoms with Gasteiger partial charge in [-0.2, -0.15) is 18.2 Å². The van der Waals surface area contributed by atoms with Crippen LogP contribution in [0, 0.1) is 5.82 Å². The van der Waals surface area contributed by atoms with E-state index >= 15 is 0 Å². The van der Waals surface area contributed by atoms with Gasteiger partial charge in [-0.1, -0.05) is 74.1 Å². The number of thioether (sulfide) groups is 1. The summed E-state index contributed by atoms with van der Waals surface area (Å²) in [5.41, 5.74) is 2.11. The summed E-state index contributed by atoms with van der Waals surface area (Å²) in [6, 6.07) is 18.3. The predicted molar refractivity (Wildman–Crippen MR) is 193 cm³/mol. The van der Waals surface area contributed by atoms with E-state index in [1.807, 2.05) is 38.1 Å². The van der Waals surface area contributed by atoms with Gasteiger partial charge in [0.25, 0.3) is 5.56 Å². The van der Waals surface area contributed by atoms with E-state index in [2.05, 4.69) is 9.88 Å². The maximum Gasteiger partial charge on any atom is 0.416 e. The van der Waals surface area contributed by atoms with E-state index in [1.165, 1.54) is 50.1 Å². The monoisotopic (exact) mass is 741 g/mol. The lowest BCUT2D eigenvalue weighted by Crippen LogP contribution is -2.40. The fourth-order valence-corrected chi connectivity index (χ4v) is 6.38. The van der Waals surface area contributed by atoms with Crippen LogP contribution in [-0.4, -0.2) is 76.1 Å². The molecule has 0 atom stereocenters. The molecule has 0 N–H and O–H groups in total. The minimum Gasteiger partial charge on any atom is -0.336 e. The van der Waals surface area contributed by atoms with Crippen LogP contribution in [0.2, 0.25) is 0 Å². The summed E-state index contributed by atoms with van der Waals surface area (Å²) in [6.45, 7) is 8.34. The Hall–Kier alpha value is -4.53. The van der Waals surface area contributed by atoms with Gasteiger partial charge in [0.15, 0.2) is 5.16 Å². The minimum atomic E-state index is -4.42. The zero-order valence-corrected chi connectivity index (χ0v) is 30.5. The Balaban J connectivity index is 1.60. The Bertz CT molecular complexity index is 1830. The lowest BCUT2D eigenvalue weighted by molar-refractivity contribution is -0.173. The first-order chi connectivity index (χ1) is 24.8. The normalized spacial score (nSPS) is 11.6. The summed E-state index contributed by atoms with van der Waals surface area (Å²) >= 11 is 1.25. The molecule has 2 amide bonds. The van der Waals surface area contributed by atoms with Gasteiger partial charge in [-0.05, 0) is 66.0 Å². The Labute approximate surface area is 305 Å². The van der Waals surface area contributed by atoms with Gasteiger partial charge < -0.3 is 14.4 Å². The van der Waals surface area contributed by atoms with Crippen molar-refractivity contribution < 1.29 is 32.0 Å². The number of aromatic nitrogens is 2. The van der Waals surface area contributed by atoms with E-state index in [4.69, 9.17) is 4.84 Å². The molecule has 9 nitrogen and oxygen atoms in total. The summed E-state index contributed by atoms with van der Waals surface area (Å²) in [5, 5.41) is 1.44. The van der Waals surface area contributed by atoms with E-state index in [-0.39, 0.29) is 43.7 Å². The highest BCUT2D eigenvalue weighted by Gasteiger charge is 2.30. The Morgan fingerprint density at radius 2 is 1.46 bits per heavy atom. The van der Waals surface area contributed by atoms with Crippen LogP contribution in [0.4, 0.5) is 17.6 Å². The molecule has 14 heteroatoms. The van der Waals surface area contributed by atoms with E-state index in [1.54, 1.807) is 27.8 Å². The second kappa shape index (κ2) is 18.8. The number of benzene rings is 3. The van der Waals surface area contributed by atoms with Crippen molar-refractivity contribution in [3.8, 4) is 11.1 Å². The van der Waals surface area contributed by atoms with Crippen LogP contribution in [0.5, 0.6) is 0 Å². The predicted octanol–water partition coefficient (Wildman–Crippen LogP) is 6.68. The number of hydroxylamine groups is 2. The average Bonchev–Trinajstić information content (AvgIpc) is 3.12. The molecule has 1 heterocycles. The van der Waals surface area contributed by atoms with Crippen molar-refractivity contribution in [2.45, 2.75) is 57.4 Å². The number of hydrogen-bond acceptors (Lipinski definition) is 7. The van der Waals surface area contributed by atoms with Crippen LogP contribution in [0.3, 0.4) is 0 Å².